The Kier molecular flexibility index (Phi) is 3.09. The van der Waals surface area contributed by atoms with Crippen LogP contribution in [0, 0.1) is 0 Å². The number of hydrogen-bond donors (Lipinski definition) is 2. The van der Waals surface area contributed by atoms with E-state index in [4.69, 9.17) is 4.74 Å². The van der Waals surface area contributed by atoms with E-state index >= 15 is 0 Å². The molecule has 0 aliphatic heterocycles. The summed E-state index contributed by atoms with van der Waals surface area (Å²) in [6.07, 6.45) is 1.84. The molecule has 17 heavy (non-hydrogen) atoms. The third-order valence-corrected chi connectivity index (χ3v) is 2.47. The fraction of sp³-hybridized carbons (Fsp3) is 0.167. The molecule has 0 aliphatic carbocycles. The summed E-state index contributed by atoms with van der Waals surface area (Å²) in [5, 5.41) is 0. The van der Waals surface area contributed by atoms with Gasteiger partial charge in [0, 0.05) is 18.2 Å². The Morgan fingerprint density at radius 3 is 2.65 bits per heavy atom. The first-order valence-electron chi connectivity index (χ1n) is 5.13. The second-order valence-electron chi connectivity index (χ2n) is 3.59. The molecule has 5 nitrogen and oxygen atoms in total. The van der Waals surface area contributed by atoms with E-state index in [0.29, 0.717) is 12.0 Å². The van der Waals surface area contributed by atoms with Gasteiger partial charge < -0.3 is 9.72 Å². The molecule has 0 saturated carbocycles. The van der Waals surface area contributed by atoms with Gasteiger partial charge >= 0.3 is 5.69 Å². The highest BCUT2D eigenvalue weighted by atomic mass is 16.5. The van der Waals surface area contributed by atoms with Crippen LogP contribution in [0.1, 0.15) is 11.1 Å². The zero-order valence-electron chi connectivity index (χ0n) is 9.32. The van der Waals surface area contributed by atoms with Crippen molar-refractivity contribution in [1.29, 1.82) is 0 Å². The van der Waals surface area contributed by atoms with Crippen LogP contribution in [0.4, 0.5) is 0 Å². The molecule has 2 rings (SSSR count). The van der Waals surface area contributed by atoms with E-state index in [0.717, 1.165) is 11.3 Å². The zero-order chi connectivity index (χ0) is 12.3. The van der Waals surface area contributed by atoms with Crippen LogP contribution in [0.25, 0.3) is 0 Å². The van der Waals surface area contributed by atoms with Gasteiger partial charge in [0.2, 0.25) is 0 Å². The molecule has 2 aromatic rings. The van der Waals surface area contributed by atoms with E-state index in [2.05, 4.69) is 9.97 Å². The minimum Gasteiger partial charge on any atom is -0.496 e. The van der Waals surface area contributed by atoms with Crippen LogP contribution in [0.2, 0.25) is 0 Å². The van der Waals surface area contributed by atoms with E-state index in [1.807, 2.05) is 24.3 Å². The largest absolute Gasteiger partial charge is 0.496 e. The smallest absolute Gasteiger partial charge is 0.325 e. The molecular formula is C12H12N2O3. The molecule has 0 bridgehead atoms. The molecule has 0 fully saturated rings. The molecule has 88 valence electrons. The van der Waals surface area contributed by atoms with Crippen molar-refractivity contribution in [2.45, 2.75) is 6.42 Å². The van der Waals surface area contributed by atoms with Crippen molar-refractivity contribution in [2.75, 3.05) is 7.11 Å². The van der Waals surface area contributed by atoms with Crippen LogP contribution in [-0.4, -0.2) is 17.1 Å². The number of methoxy groups -OCH3 is 1. The van der Waals surface area contributed by atoms with Gasteiger partial charge in [-0.25, -0.2) is 4.79 Å². The van der Waals surface area contributed by atoms with E-state index in [1.54, 1.807) is 7.11 Å². The van der Waals surface area contributed by atoms with E-state index in [9.17, 15) is 9.59 Å². The maximum absolute atomic E-state index is 11.5. The van der Waals surface area contributed by atoms with Crippen molar-refractivity contribution in [3.8, 4) is 5.75 Å². The van der Waals surface area contributed by atoms with Gasteiger partial charge in [0.25, 0.3) is 5.56 Å². The van der Waals surface area contributed by atoms with Crippen LogP contribution in [0.3, 0.4) is 0 Å². The van der Waals surface area contributed by atoms with Crippen molar-refractivity contribution in [1.82, 2.24) is 9.97 Å². The zero-order valence-corrected chi connectivity index (χ0v) is 9.32. The van der Waals surface area contributed by atoms with Crippen molar-refractivity contribution < 1.29 is 4.74 Å². The number of aromatic amines is 2. The number of aromatic nitrogens is 2. The molecule has 0 amide bonds. The number of H-pyrrole nitrogens is 2. The van der Waals surface area contributed by atoms with E-state index < -0.39 is 5.69 Å². The molecule has 0 unspecified atom stereocenters. The van der Waals surface area contributed by atoms with Crippen LogP contribution in [0.5, 0.6) is 5.75 Å². The molecule has 1 aromatic heterocycles. The second-order valence-corrected chi connectivity index (χ2v) is 3.59. The van der Waals surface area contributed by atoms with Gasteiger partial charge in [-0.05, 0) is 11.6 Å². The number of ether oxygens (including phenoxy) is 1. The number of benzene rings is 1. The highest BCUT2D eigenvalue weighted by Gasteiger charge is 2.06. The summed E-state index contributed by atoms with van der Waals surface area (Å²) in [5.41, 5.74) is 0.514. The summed E-state index contributed by atoms with van der Waals surface area (Å²) in [6.45, 7) is 0. The molecule has 0 radical (unpaired) electrons. The van der Waals surface area contributed by atoms with E-state index in [-0.39, 0.29) is 5.56 Å². The summed E-state index contributed by atoms with van der Waals surface area (Å²) in [5.74, 6) is 0.720. The minimum atomic E-state index is -0.501. The lowest BCUT2D eigenvalue weighted by molar-refractivity contribution is 0.410. The molecule has 1 heterocycles. The third-order valence-electron chi connectivity index (χ3n) is 2.47. The quantitative estimate of drug-likeness (QED) is 0.816. The minimum absolute atomic E-state index is 0.375. The molecule has 0 aliphatic rings. The monoisotopic (exact) mass is 232 g/mol. The Hall–Kier alpha value is -2.30. The Morgan fingerprint density at radius 2 is 1.94 bits per heavy atom. The highest BCUT2D eigenvalue weighted by molar-refractivity contribution is 5.36. The summed E-state index contributed by atoms with van der Waals surface area (Å²) in [7, 11) is 1.58. The fourth-order valence-corrected chi connectivity index (χ4v) is 1.62. The first-order chi connectivity index (χ1) is 8.20. The van der Waals surface area contributed by atoms with E-state index in [1.165, 1.54) is 6.20 Å². The average molecular weight is 232 g/mol. The fourth-order valence-electron chi connectivity index (χ4n) is 1.62. The summed E-state index contributed by atoms with van der Waals surface area (Å²) >= 11 is 0. The molecule has 2 N–H and O–H groups in total. The van der Waals surface area contributed by atoms with Gasteiger partial charge in [0.15, 0.2) is 0 Å². The maximum atomic E-state index is 11.5. The van der Waals surface area contributed by atoms with Crippen molar-refractivity contribution in [3.63, 3.8) is 0 Å². The first-order valence-corrected chi connectivity index (χ1v) is 5.13. The predicted octanol–water partition coefficient (Wildman–Crippen LogP) is 0.663. The molecule has 0 spiro atoms. The number of nitrogens with one attached hydrogen (secondary N) is 2. The van der Waals surface area contributed by atoms with Crippen molar-refractivity contribution in [2.24, 2.45) is 0 Å². The van der Waals surface area contributed by atoms with Gasteiger partial charge in [0.05, 0.1) is 7.11 Å². The van der Waals surface area contributed by atoms with Gasteiger partial charge in [0.1, 0.15) is 5.75 Å². The molecular weight excluding hydrogens is 220 g/mol. The topological polar surface area (TPSA) is 75.0 Å². The van der Waals surface area contributed by atoms with Crippen LogP contribution in [0.15, 0.2) is 40.1 Å². The standard InChI is InChI=1S/C12H12N2O3/c1-17-10-5-3-2-4-8(10)6-9-7-13-12(16)14-11(9)15/h2-5,7H,6H2,1H3,(H2,13,14,15,16). The lowest BCUT2D eigenvalue weighted by Gasteiger charge is -2.06. The van der Waals surface area contributed by atoms with Crippen molar-refractivity contribution >= 4 is 0 Å². The Bertz CT molecular complexity index is 628. The average Bonchev–Trinajstić information content (AvgIpc) is 2.33. The third kappa shape index (κ3) is 2.44. The second kappa shape index (κ2) is 4.69. The lowest BCUT2D eigenvalue weighted by atomic mass is 10.1. The summed E-state index contributed by atoms with van der Waals surface area (Å²) in [6, 6.07) is 7.44. The molecule has 5 heteroatoms. The van der Waals surface area contributed by atoms with Gasteiger partial charge in [-0.2, -0.15) is 0 Å². The highest BCUT2D eigenvalue weighted by Crippen LogP contribution is 2.19. The SMILES string of the molecule is COc1ccccc1Cc1c[nH]c(=O)[nH]c1=O. The summed E-state index contributed by atoms with van der Waals surface area (Å²) < 4.78 is 5.20. The number of rotatable bonds is 3. The Labute approximate surface area is 97.1 Å². The Balaban J connectivity index is 2.38. The van der Waals surface area contributed by atoms with Gasteiger partial charge in [-0.3, -0.25) is 9.78 Å². The van der Waals surface area contributed by atoms with Gasteiger partial charge in [-0.1, -0.05) is 18.2 Å². The first kappa shape index (κ1) is 11.2. The predicted molar refractivity (Wildman–Crippen MR) is 63.5 cm³/mol. The molecule has 0 atom stereocenters. The van der Waals surface area contributed by atoms with Crippen LogP contribution >= 0.6 is 0 Å². The van der Waals surface area contributed by atoms with Crippen LogP contribution < -0.4 is 16.0 Å². The number of hydrogen-bond acceptors (Lipinski definition) is 3. The molecule has 1 aromatic carbocycles. The van der Waals surface area contributed by atoms with Gasteiger partial charge in [-0.15, -0.1) is 0 Å². The maximum Gasteiger partial charge on any atom is 0.325 e. The normalized spacial score (nSPS) is 10.2. The lowest BCUT2D eigenvalue weighted by Crippen LogP contribution is -2.24. The summed E-state index contributed by atoms with van der Waals surface area (Å²) in [4.78, 5) is 27.0. The Morgan fingerprint density at radius 1 is 1.18 bits per heavy atom. The van der Waals surface area contributed by atoms with Crippen LogP contribution in [-0.2, 0) is 6.42 Å². The molecule has 0 saturated heterocycles. The van der Waals surface area contributed by atoms with Crippen molar-refractivity contribution in [3.05, 3.63) is 62.4 Å². The number of para-hydroxylation sites is 1.